The highest BCUT2D eigenvalue weighted by Gasteiger charge is 2.20. The normalized spacial score (nSPS) is 11.6. The van der Waals surface area contributed by atoms with Crippen molar-refractivity contribution in [2.45, 2.75) is 24.0 Å². The summed E-state index contributed by atoms with van der Waals surface area (Å²) in [4.78, 5) is 12.5. The molecular weight excluding hydrogens is 424 g/mol. The molecule has 0 aliphatic rings. The van der Waals surface area contributed by atoms with Crippen molar-refractivity contribution >= 4 is 33.4 Å². The number of nitrogens with one attached hydrogen (secondary N) is 1. The average Bonchev–Trinajstić information content (AvgIpc) is 3.17. The molecule has 8 nitrogen and oxygen atoms in total. The molecule has 0 saturated heterocycles. The van der Waals surface area contributed by atoms with E-state index in [1.807, 2.05) is 31.2 Å². The molecule has 158 valence electrons. The van der Waals surface area contributed by atoms with E-state index in [1.165, 1.54) is 20.2 Å². The van der Waals surface area contributed by atoms with Gasteiger partial charge in [0.1, 0.15) is 0 Å². The highest BCUT2D eigenvalue weighted by atomic mass is 32.2. The Morgan fingerprint density at radius 2 is 1.83 bits per heavy atom. The summed E-state index contributed by atoms with van der Waals surface area (Å²) in [6.45, 7) is 3.66. The zero-order valence-electron chi connectivity index (χ0n) is 17.0. The maximum atomic E-state index is 12.4. The van der Waals surface area contributed by atoms with Crippen LogP contribution in [-0.2, 0) is 14.8 Å². The first-order valence-corrected chi connectivity index (χ1v) is 11.5. The number of anilines is 1. The van der Waals surface area contributed by atoms with Crippen LogP contribution in [0.5, 0.6) is 0 Å². The molecule has 0 radical (unpaired) electrons. The van der Waals surface area contributed by atoms with E-state index in [0.29, 0.717) is 17.1 Å². The molecule has 30 heavy (non-hydrogen) atoms. The topological polar surface area (TPSA) is 105 Å². The molecule has 0 spiro atoms. The fourth-order valence-electron chi connectivity index (χ4n) is 2.67. The van der Waals surface area contributed by atoms with Crippen LogP contribution in [0.4, 0.5) is 5.69 Å². The van der Waals surface area contributed by atoms with Gasteiger partial charge >= 0.3 is 0 Å². The van der Waals surface area contributed by atoms with Gasteiger partial charge in [-0.3, -0.25) is 4.79 Å². The Morgan fingerprint density at radius 1 is 1.10 bits per heavy atom. The molecule has 3 rings (SSSR count). The van der Waals surface area contributed by atoms with Gasteiger partial charge in [0, 0.05) is 25.3 Å². The summed E-state index contributed by atoms with van der Waals surface area (Å²) in [6, 6.07) is 12.4. The molecule has 1 heterocycles. The van der Waals surface area contributed by atoms with Crippen molar-refractivity contribution in [3.63, 3.8) is 0 Å². The highest BCUT2D eigenvalue weighted by Crippen LogP contribution is 2.26. The van der Waals surface area contributed by atoms with Gasteiger partial charge in [0.05, 0.1) is 10.6 Å². The van der Waals surface area contributed by atoms with E-state index in [2.05, 4.69) is 15.5 Å². The molecular formula is C20H22N4O4S2. The van der Waals surface area contributed by atoms with Gasteiger partial charge in [-0.1, -0.05) is 36.0 Å². The summed E-state index contributed by atoms with van der Waals surface area (Å²) >= 11 is 1.11. The van der Waals surface area contributed by atoms with Crippen LogP contribution in [0.25, 0.3) is 11.5 Å². The Kier molecular flexibility index (Phi) is 6.59. The lowest BCUT2D eigenvalue weighted by atomic mass is 10.1. The van der Waals surface area contributed by atoms with E-state index < -0.39 is 10.0 Å². The van der Waals surface area contributed by atoms with E-state index >= 15 is 0 Å². The van der Waals surface area contributed by atoms with E-state index in [9.17, 15) is 13.2 Å². The lowest BCUT2D eigenvalue weighted by Crippen LogP contribution is -2.23. The number of carbonyl (C=O) groups excluding carboxylic acids is 1. The quantitative estimate of drug-likeness (QED) is 0.555. The van der Waals surface area contributed by atoms with Crippen molar-refractivity contribution in [2.75, 3.05) is 25.2 Å². The number of benzene rings is 2. The molecule has 2 aromatic carbocycles. The molecule has 1 amide bonds. The van der Waals surface area contributed by atoms with Crippen molar-refractivity contribution in [1.82, 2.24) is 14.5 Å². The van der Waals surface area contributed by atoms with E-state index in [1.54, 1.807) is 19.1 Å². The van der Waals surface area contributed by atoms with Crippen LogP contribution >= 0.6 is 11.8 Å². The number of hydrogen-bond donors (Lipinski definition) is 1. The molecule has 0 bridgehead atoms. The lowest BCUT2D eigenvalue weighted by Gasteiger charge is -2.15. The van der Waals surface area contributed by atoms with E-state index in [4.69, 9.17) is 4.42 Å². The van der Waals surface area contributed by atoms with Gasteiger partial charge in [-0.2, -0.15) is 0 Å². The van der Waals surface area contributed by atoms with Gasteiger partial charge in [0.15, 0.2) is 0 Å². The van der Waals surface area contributed by atoms with Crippen LogP contribution in [0, 0.1) is 13.8 Å². The zero-order chi connectivity index (χ0) is 21.9. The number of amides is 1. The minimum absolute atomic E-state index is 0.0407. The first kappa shape index (κ1) is 22.0. The SMILES string of the molecule is Cc1ccccc1-c1nnc(SCC(=O)Nc2ccc(C)c(S(=O)(=O)N(C)C)c2)o1. The first-order valence-electron chi connectivity index (χ1n) is 9.04. The summed E-state index contributed by atoms with van der Waals surface area (Å²) < 4.78 is 31.6. The predicted octanol–water partition coefficient (Wildman–Crippen LogP) is 3.33. The number of carbonyl (C=O) groups is 1. The highest BCUT2D eigenvalue weighted by molar-refractivity contribution is 7.99. The Labute approximate surface area is 179 Å². The van der Waals surface area contributed by atoms with Gasteiger partial charge < -0.3 is 9.73 Å². The molecule has 0 aliphatic carbocycles. The van der Waals surface area contributed by atoms with Crippen LogP contribution in [0.3, 0.4) is 0 Å². The van der Waals surface area contributed by atoms with Crippen LogP contribution in [0.15, 0.2) is 57.0 Å². The second kappa shape index (κ2) is 8.99. The fourth-order valence-corrected chi connectivity index (χ4v) is 4.37. The number of sulfonamides is 1. The predicted molar refractivity (Wildman–Crippen MR) is 116 cm³/mol. The molecule has 10 heteroatoms. The van der Waals surface area contributed by atoms with Crippen molar-refractivity contribution < 1.29 is 17.6 Å². The largest absolute Gasteiger partial charge is 0.411 e. The zero-order valence-corrected chi connectivity index (χ0v) is 18.7. The molecule has 1 aromatic heterocycles. The third kappa shape index (κ3) is 4.89. The van der Waals surface area contributed by atoms with Crippen LogP contribution < -0.4 is 5.32 Å². The van der Waals surface area contributed by atoms with Gasteiger partial charge in [-0.25, -0.2) is 12.7 Å². The Morgan fingerprint density at radius 3 is 2.53 bits per heavy atom. The van der Waals surface area contributed by atoms with E-state index in [0.717, 1.165) is 27.2 Å². The molecule has 0 atom stereocenters. The summed E-state index contributed by atoms with van der Waals surface area (Å²) in [6.07, 6.45) is 0. The number of aromatic nitrogens is 2. The van der Waals surface area contributed by atoms with Crippen LogP contribution in [0.1, 0.15) is 11.1 Å². The number of rotatable bonds is 7. The third-order valence-corrected chi connectivity index (χ3v) is 7.11. The smallest absolute Gasteiger partial charge is 0.277 e. The molecule has 0 unspecified atom stereocenters. The third-order valence-electron chi connectivity index (χ3n) is 4.34. The second-order valence-electron chi connectivity index (χ2n) is 6.79. The Balaban J connectivity index is 1.65. The van der Waals surface area contributed by atoms with Crippen LogP contribution in [0.2, 0.25) is 0 Å². The first-order chi connectivity index (χ1) is 14.2. The van der Waals surface area contributed by atoms with Crippen molar-refractivity contribution in [2.24, 2.45) is 0 Å². The van der Waals surface area contributed by atoms with Gasteiger partial charge in [0.25, 0.3) is 5.22 Å². The maximum absolute atomic E-state index is 12.4. The fraction of sp³-hybridized carbons (Fsp3) is 0.250. The number of hydrogen-bond acceptors (Lipinski definition) is 7. The maximum Gasteiger partial charge on any atom is 0.277 e. The minimum Gasteiger partial charge on any atom is -0.411 e. The van der Waals surface area contributed by atoms with Gasteiger partial charge in [-0.05, 0) is 43.2 Å². The van der Waals surface area contributed by atoms with Crippen molar-refractivity contribution in [3.8, 4) is 11.5 Å². The summed E-state index contributed by atoms with van der Waals surface area (Å²) in [5, 5.41) is 11.0. The second-order valence-corrected chi connectivity index (χ2v) is 9.84. The lowest BCUT2D eigenvalue weighted by molar-refractivity contribution is -0.113. The summed E-state index contributed by atoms with van der Waals surface area (Å²) in [7, 11) is -0.676. The van der Waals surface area contributed by atoms with E-state index in [-0.39, 0.29) is 21.8 Å². The van der Waals surface area contributed by atoms with Crippen molar-refractivity contribution in [3.05, 3.63) is 53.6 Å². The summed E-state index contributed by atoms with van der Waals surface area (Å²) in [5.74, 6) is 0.125. The number of thioether (sulfide) groups is 1. The van der Waals surface area contributed by atoms with Gasteiger partial charge in [0.2, 0.25) is 21.8 Å². The number of aryl methyl sites for hydroxylation is 2. The van der Waals surface area contributed by atoms with Gasteiger partial charge in [-0.15, -0.1) is 10.2 Å². The standard InChI is InChI=1S/C20H22N4O4S2/c1-13-7-5-6-8-16(13)19-22-23-20(28-19)29-12-18(25)21-15-10-9-14(2)17(11-15)30(26,27)24(3)4/h5-11H,12H2,1-4H3,(H,21,25). The molecule has 0 saturated carbocycles. The Bertz CT molecular complexity index is 1170. The monoisotopic (exact) mass is 446 g/mol. The Hall–Kier alpha value is -2.69. The average molecular weight is 447 g/mol. The molecule has 0 aliphatic heterocycles. The summed E-state index contributed by atoms with van der Waals surface area (Å²) in [5.41, 5.74) is 2.86. The number of nitrogens with zero attached hydrogens (tertiary/aromatic N) is 3. The van der Waals surface area contributed by atoms with Crippen LogP contribution in [-0.4, -0.2) is 48.7 Å². The molecule has 3 aromatic rings. The molecule has 1 N–H and O–H groups in total. The van der Waals surface area contributed by atoms with Crippen molar-refractivity contribution in [1.29, 1.82) is 0 Å². The minimum atomic E-state index is -3.60. The molecule has 0 fully saturated rings.